The molecule has 1 saturated heterocycles. The van der Waals surface area contributed by atoms with Gasteiger partial charge in [-0.15, -0.1) is 12.4 Å². The molecule has 1 amide bonds. The quantitative estimate of drug-likeness (QED) is 0.382. The monoisotopic (exact) mass is 488 g/mol. The first-order valence-electron chi connectivity index (χ1n) is 11.2. The molecule has 1 heterocycles. The highest BCUT2D eigenvalue weighted by Crippen LogP contribution is 2.41. The van der Waals surface area contributed by atoms with Crippen LogP contribution in [-0.4, -0.2) is 34.9 Å². The lowest BCUT2D eigenvalue weighted by Gasteiger charge is -2.28. The SMILES string of the molecule is CC(C)(C)c1cc(/C=C2\SCN(CCNCc3ccccc3)C2=O)cc(C(C)(C)C)c1O.Cl. The molecule has 0 radical (unpaired) electrons. The summed E-state index contributed by atoms with van der Waals surface area (Å²) in [5.41, 5.74) is 3.65. The van der Waals surface area contributed by atoms with Crippen LogP contribution in [0.15, 0.2) is 47.4 Å². The van der Waals surface area contributed by atoms with E-state index in [9.17, 15) is 9.90 Å². The predicted molar refractivity (Wildman–Crippen MR) is 143 cm³/mol. The summed E-state index contributed by atoms with van der Waals surface area (Å²) >= 11 is 1.59. The summed E-state index contributed by atoms with van der Waals surface area (Å²) in [6.45, 7) is 14.9. The van der Waals surface area contributed by atoms with Crippen molar-refractivity contribution in [2.24, 2.45) is 0 Å². The highest BCUT2D eigenvalue weighted by Gasteiger charge is 2.29. The number of halogens is 1. The number of phenols is 1. The van der Waals surface area contributed by atoms with Crippen LogP contribution in [0.2, 0.25) is 0 Å². The van der Waals surface area contributed by atoms with E-state index >= 15 is 0 Å². The van der Waals surface area contributed by atoms with Gasteiger partial charge < -0.3 is 15.3 Å². The number of rotatable bonds is 6. The third kappa shape index (κ3) is 7.02. The minimum atomic E-state index is -0.193. The summed E-state index contributed by atoms with van der Waals surface area (Å²) in [4.78, 5) is 15.6. The van der Waals surface area contributed by atoms with Gasteiger partial charge in [-0.1, -0.05) is 83.6 Å². The van der Waals surface area contributed by atoms with E-state index in [4.69, 9.17) is 0 Å². The lowest BCUT2D eigenvalue weighted by atomic mass is 9.78. The van der Waals surface area contributed by atoms with Gasteiger partial charge in [-0.2, -0.15) is 0 Å². The number of amides is 1. The largest absolute Gasteiger partial charge is 0.507 e. The van der Waals surface area contributed by atoms with Crippen LogP contribution in [-0.2, 0) is 22.2 Å². The third-order valence-electron chi connectivity index (χ3n) is 5.65. The van der Waals surface area contributed by atoms with Gasteiger partial charge in [0.2, 0.25) is 0 Å². The topological polar surface area (TPSA) is 52.6 Å². The van der Waals surface area contributed by atoms with Crippen molar-refractivity contribution >= 4 is 36.2 Å². The number of phenolic OH excluding ortho intramolecular Hbond substituents is 1. The standard InChI is InChI=1S/C27H36N2O2S.ClH/c1-26(2,3)21-14-20(15-22(24(21)30)27(4,5)6)16-23-25(31)29(18-32-23)13-12-28-17-19-10-8-7-9-11-19;/h7-11,14-16,28,30H,12-13,17-18H2,1-6H3;1H/b23-16-;. The molecule has 3 rings (SSSR count). The molecule has 1 aliphatic rings. The molecule has 2 aromatic rings. The van der Waals surface area contributed by atoms with Crippen molar-refractivity contribution in [3.63, 3.8) is 0 Å². The summed E-state index contributed by atoms with van der Waals surface area (Å²) in [7, 11) is 0. The van der Waals surface area contributed by atoms with E-state index in [1.165, 1.54) is 5.56 Å². The molecule has 0 saturated carbocycles. The van der Waals surface area contributed by atoms with E-state index in [-0.39, 0.29) is 29.1 Å². The maximum absolute atomic E-state index is 13.0. The maximum atomic E-state index is 13.0. The van der Waals surface area contributed by atoms with Crippen molar-refractivity contribution in [3.8, 4) is 5.75 Å². The molecule has 1 fully saturated rings. The Kier molecular flexibility index (Phi) is 9.09. The summed E-state index contributed by atoms with van der Waals surface area (Å²) in [5, 5.41) is 14.4. The van der Waals surface area contributed by atoms with E-state index in [0.29, 0.717) is 18.2 Å². The van der Waals surface area contributed by atoms with Crippen LogP contribution in [0.5, 0.6) is 5.75 Å². The molecular formula is C27H37ClN2O2S. The van der Waals surface area contributed by atoms with Crippen LogP contribution in [0.25, 0.3) is 6.08 Å². The fourth-order valence-corrected chi connectivity index (χ4v) is 4.78. The van der Waals surface area contributed by atoms with Gasteiger partial charge in [-0.25, -0.2) is 0 Å². The minimum absolute atomic E-state index is 0. The number of hydrogen-bond acceptors (Lipinski definition) is 4. The van der Waals surface area contributed by atoms with Crippen LogP contribution in [0.1, 0.15) is 63.8 Å². The molecule has 4 nitrogen and oxygen atoms in total. The van der Waals surface area contributed by atoms with E-state index in [2.05, 4.69) is 59.0 Å². The molecule has 6 heteroatoms. The van der Waals surface area contributed by atoms with E-state index in [1.807, 2.05) is 41.3 Å². The Morgan fingerprint density at radius 2 is 1.61 bits per heavy atom. The summed E-state index contributed by atoms with van der Waals surface area (Å²) in [6.07, 6.45) is 1.98. The molecule has 0 atom stereocenters. The number of thioether (sulfide) groups is 1. The second-order valence-electron chi connectivity index (χ2n) is 10.5. The number of carbonyl (C=O) groups excluding carboxylic acids is 1. The van der Waals surface area contributed by atoms with Crippen molar-refractivity contribution in [2.45, 2.75) is 58.9 Å². The molecule has 0 spiro atoms. The van der Waals surface area contributed by atoms with Gasteiger partial charge in [0.1, 0.15) is 5.75 Å². The second-order valence-corrected chi connectivity index (χ2v) is 11.5. The average Bonchev–Trinajstić information content (AvgIpc) is 3.05. The molecule has 1 aliphatic heterocycles. The molecule has 0 aromatic heterocycles. The van der Waals surface area contributed by atoms with E-state index < -0.39 is 0 Å². The van der Waals surface area contributed by atoms with Gasteiger partial charge in [0.05, 0.1) is 10.8 Å². The molecule has 0 bridgehead atoms. The number of carbonyl (C=O) groups is 1. The minimum Gasteiger partial charge on any atom is -0.507 e. The summed E-state index contributed by atoms with van der Waals surface area (Å²) in [5.74, 6) is 1.12. The molecule has 180 valence electrons. The van der Waals surface area contributed by atoms with Crippen LogP contribution in [0, 0.1) is 0 Å². The summed E-state index contributed by atoms with van der Waals surface area (Å²) < 4.78 is 0. The van der Waals surface area contributed by atoms with Crippen molar-refractivity contribution in [1.29, 1.82) is 0 Å². The van der Waals surface area contributed by atoms with Crippen molar-refractivity contribution < 1.29 is 9.90 Å². The molecule has 0 aliphatic carbocycles. The third-order valence-corrected chi connectivity index (χ3v) is 6.69. The number of nitrogens with one attached hydrogen (secondary N) is 1. The van der Waals surface area contributed by atoms with Crippen molar-refractivity contribution in [2.75, 3.05) is 19.0 Å². The van der Waals surface area contributed by atoms with E-state index in [0.717, 1.165) is 34.7 Å². The normalized spacial score (nSPS) is 15.8. The lowest BCUT2D eigenvalue weighted by molar-refractivity contribution is -0.124. The smallest absolute Gasteiger partial charge is 0.261 e. The van der Waals surface area contributed by atoms with E-state index in [1.54, 1.807) is 11.8 Å². The van der Waals surface area contributed by atoms with Gasteiger partial charge in [0.25, 0.3) is 5.91 Å². The first kappa shape index (κ1) is 27.3. The first-order chi connectivity index (χ1) is 15.0. The van der Waals surface area contributed by atoms with Gasteiger partial charge in [0.15, 0.2) is 0 Å². The predicted octanol–water partition coefficient (Wildman–Crippen LogP) is 6.07. The van der Waals surface area contributed by atoms with Crippen LogP contribution < -0.4 is 5.32 Å². The summed E-state index contributed by atoms with van der Waals surface area (Å²) in [6, 6.07) is 14.3. The number of aromatic hydroxyl groups is 1. The Labute approximate surface area is 209 Å². The average molecular weight is 489 g/mol. The highest BCUT2D eigenvalue weighted by atomic mass is 35.5. The second kappa shape index (κ2) is 11.0. The van der Waals surface area contributed by atoms with Crippen LogP contribution in [0.4, 0.5) is 0 Å². The Morgan fingerprint density at radius 3 is 2.15 bits per heavy atom. The highest BCUT2D eigenvalue weighted by molar-refractivity contribution is 8.04. The lowest BCUT2D eigenvalue weighted by Crippen LogP contribution is -2.32. The number of benzene rings is 2. The van der Waals surface area contributed by atoms with Crippen LogP contribution >= 0.6 is 24.2 Å². The first-order valence-corrected chi connectivity index (χ1v) is 12.2. The molecular weight excluding hydrogens is 452 g/mol. The van der Waals surface area contributed by atoms with Gasteiger partial charge in [-0.05, 0) is 40.2 Å². The fourth-order valence-electron chi connectivity index (χ4n) is 3.77. The Balaban J connectivity index is 0.00000385. The zero-order valence-corrected chi connectivity index (χ0v) is 22.2. The Morgan fingerprint density at radius 1 is 1.03 bits per heavy atom. The molecule has 2 N–H and O–H groups in total. The van der Waals surface area contributed by atoms with Gasteiger partial charge in [0, 0.05) is 30.8 Å². The number of hydrogen-bond donors (Lipinski definition) is 2. The van der Waals surface area contributed by atoms with Crippen molar-refractivity contribution in [1.82, 2.24) is 10.2 Å². The van der Waals surface area contributed by atoms with Gasteiger partial charge >= 0.3 is 0 Å². The zero-order chi connectivity index (χ0) is 23.5. The zero-order valence-electron chi connectivity index (χ0n) is 20.6. The number of nitrogens with zero attached hydrogens (tertiary/aromatic N) is 1. The maximum Gasteiger partial charge on any atom is 0.261 e. The molecule has 2 aromatic carbocycles. The Hall–Kier alpha value is -1.95. The molecule has 33 heavy (non-hydrogen) atoms. The fraction of sp³-hybridized carbons (Fsp3) is 0.444. The van der Waals surface area contributed by atoms with Gasteiger partial charge in [-0.3, -0.25) is 4.79 Å². The van der Waals surface area contributed by atoms with Crippen LogP contribution in [0.3, 0.4) is 0 Å². The Bertz CT molecular complexity index is 956. The van der Waals surface area contributed by atoms with Crippen molar-refractivity contribution in [3.05, 3.63) is 69.6 Å². The molecule has 0 unspecified atom stereocenters.